The fourth-order valence-electron chi connectivity index (χ4n) is 4.14. The number of hydrogen-bond donors (Lipinski definition) is 1. The maximum absolute atomic E-state index is 13.0. The van der Waals surface area contributed by atoms with E-state index in [2.05, 4.69) is 4.72 Å². The number of rotatable bonds is 7. The highest BCUT2D eigenvalue weighted by atomic mass is 35.5. The maximum Gasteiger partial charge on any atom is 0.340 e. The predicted molar refractivity (Wildman–Crippen MR) is 138 cm³/mol. The Bertz CT molecular complexity index is 1510. The van der Waals surface area contributed by atoms with E-state index in [-0.39, 0.29) is 11.5 Å². The molecule has 0 unspecified atom stereocenters. The molecule has 0 atom stereocenters. The lowest BCUT2D eigenvalue weighted by Crippen LogP contribution is -2.13. The molecule has 1 heterocycles. The zero-order valence-electron chi connectivity index (χ0n) is 19.8. The second-order valence-corrected chi connectivity index (χ2v) is 10.1. The van der Waals surface area contributed by atoms with Crippen LogP contribution in [-0.2, 0) is 14.8 Å². The lowest BCUT2D eigenvalue weighted by atomic mass is 10.1. The van der Waals surface area contributed by atoms with Crippen LogP contribution in [0.4, 0.5) is 5.69 Å². The molecule has 0 saturated carbocycles. The van der Waals surface area contributed by atoms with Crippen LogP contribution < -0.4 is 9.46 Å². The van der Waals surface area contributed by atoms with Gasteiger partial charge >= 0.3 is 5.97 Å². The molecule has 4 rings (SSSR count). The number of ether oxygens (including phenoxy) is 2. The van der Waals surface area contributed by atoms with Crippen molar-refractivity contribution in [3.8, 4) is 11.4 Å². The third kappa shape index (κ3) is 4.72. The van der Waals surface area contributed by atoms with E-state index in [1.807, 2.05) is 42.7 Å². The van der Waals surface area contributed by atoms with Crippen LogP contribution in [-0.4, -0.2) is 32.7 Å². The molecule has 7 nitrogen and oxygen atoms in total. The SMILES string of the molecule is CCOC(=O)c1c(C)n(-c2ccc(OC)cc2)c2c(C)cc(NS(=O)(=O)c3ccc(Cl)cc3)cc12. The van der Waals surface area contributed by atoms with Gasteiger partial charge in [-0.25, -0.2) is 13.2 Å². The number of sulfonamides is 1. The van der Waals surface area contributed by atoms with Crippen molar-refractivity contribution in [2.45, 2.75) is 25.7 Å². The first-order valence-electron chi connectivity index (χ1n) is 10.9. The molecule has 0 saturated heterocycles. The number of nitrogens with one attached hydrogen (secondary N) is 1. The summed E-state index contributed by atoms with van der Waals surface area (Å²) in [6.45, 7) is 5.67. The number of aromatic nitrogens is 1. The van der Waals surface area contributed by atoms with Crippen LogP contribution in [0.2, 0.25) is 5.02 Å². The Morgan fingerprint density at radius 3 is 2.29 bits per heavy atom. The number of carbonyl (C=O) groups excluding carboxylic acids is 1. The molecule has 182 valence electrons. The number of esters is 1. The molecule has 35 heavy (non-hydrogen) atoms. The summed E-state index contributed by atoms with van der Waals surface area (Å²) in [7, 11) is -2.27. The van der Waals surface area contributed by atoms with Crippen molar-refractivity contribution >= 4 is 44.2 Å². The van der Waals surface area contributed by atoms with Crippen LogP contribution in [0, 0.1) is 13.8 Å². The van der Waals surface area contributed by atoms with Gasteiger partial charge in [-0.2, -0.15) is 0 Å². The summed E-state index contributed by atoms with van der Waals surface area (Å²) in [4.78, 5) is 13.1. The zero-order chi connectivity index (χ0) is 25.3. The Balaban J connectivity index is 1.90. The molecule has 1 N–H and O–H groups in total. The number of aryl methyl sites for hydroxylation is 1. The Hall–Kier alpha value is -3.49. The topological polar surface area (TPSA) is 86.6 Å². The van der Waals surface area contributed by atoms with Crippen LogP contribution >= 0.6 is 11.6 Å². The van der Waals surface area contributed by atoms with Crippen LogP contribution in [0.1, 0.15) is 28.5 Å². The molecule has 3 aromatic carbocycles. The van der Waals surface area contributed by atoms with Gasteiger partial charge in [0.2, 0.25) is 0 Å². The standard InChI is InChI=1S/C26H25ClN2O5S/c1-5-34-26(30)24-17(3)29(20-8-10-21(33-4)11-9-20)25-16(2)14-19(15-23(24)25)28-35(31,32)22-12-6-18(27)7-13-22/h6-15,28H,5H2,1-4H3. The normalized spacial score (nSPS) is 11.5. The molecule has 0 spiro atoms. The fraction of sp³-hybridized carbons (Fsp3) is 0.192. The van der Waals surface area contributed by atoms with E-state index in [0.29, 0.717) is 33.1 Å². The first-order valence-corrected chi connectivity index (χ1v) is 12.8. The Kier molecular flexibility index (Phi) is 6.78. The van der Waals surface area contributed by atoms with Gasteiger partial charge in [0, 0.05) is 27.5 Å². The van der Waals surface area contributed by atoms with Crippen molar-refractivity contribution in [1.29, 1.82) is 0 Å². The molecule has 9 heteroatoms. The average Bonchev–Trinajstić information content (AvgIpc) is 3.11. The Morgan fingerprint density at radius 2 is 1.69 bits per heavy atom. The van der Waals surface area contributed by atoms with E-state index in [9.17, 15) is 13.2 Å². The maximum atomic E-state index is 13.0. The van der Waals surface area contributed by atoms with Gasteiger partial charge in [-0.15, -0.1) is 0 Å². The van der Waals surface area contributed by atoms with E-state index in [0.717, 1.165) is 16.8 Å². The summed E-state index contributed by atoms with van der Waals surface area (Å²) in [5.74, 6) is 0.239. The molecule has 0 aliphatic rings. The summed E-state index contributed by atoms with van der Waals surface area (Å²) in [6.07, 6.45) is 0. The molecule has 0 fully saturated rings. The number of fused-ring (bicyclic) bond motifs is 1. The van der Waals surface area contributed by atoms with Crippen molar-refractivity contribution in [1.82, 2.24) is 4.57 Å². The van der Waals surface area contributed by atoms with Crippen molar-refractivity contribution in [2.75, 3.05) is 18.4 Å². The molecular formula is C26H25ClN2O5S. The zero-order valence-corrected chi connectivity index (χ0v) is 21.3. The molecule has 0 bridgehead atoms. The Morgan fingerprint density at radius 1 is 1.03 bits per heavy atom. The smallest absolute Gasteiger partial charge is 0.340 e. The molecule has 0 amide bonds. The minimum atomic E-state index is -3.87. The number of halogens is 1. The molecule has 0 aliphatic carbocycles. The van der Waals surface area contributed by atoms with Gasteiger partial charge < -0.3 is 14.0 Å². The summed E-state index contributed by atoms with van der Waals surface area (Å²) in [6, 6.07) is 16.8. The van der Waals surface area contributed by atoms with E-state index < -0.39 is 16.0 Å². The number of anilines is 1. The van der Waals surface area contributed by atoms with Crippen LogP contribution in [0.25, 0.3) is 16.6 Å². The second kappa shape index (κ2) is 9.64. The number of benzene rings is 3. The third-order valence-corrected chi connectivity index (χ3v) is 7.33. The van der Waals surface area contributed by atoms with Gasteiger partial charge in [-0.1, -0.05) is 11.6 Å². The molecule has 0 radical (unpaired) electrons. The predicted octanol–water partition coefficient (Wildman–Crippen LogP) is 5.89. The van der Waals surface area contributed by atoms with Crippen LogP contribution in [0.5, 0.6) is 5.75 Å². The van der Waals surface area contributed by atoms with E-state index in [1.165, 1.54) is 24.3 Å². The van der Waals surface area contributed by atoms with Gasteiger partial charge in [-0.3, -0.25) is 4.72 Å². The summed E-state index contributed by atoms with van der Waals surface area (Å²) in [5.41, 5.74) is 3.80. The van der Waals surface area contributed by atoms with E-state index >= 15 is 0 Å². The van der Waals surface area contributed by atoms with Gasteiger partial charge in [0.15, 0.2) is 0 Å². The first-order chi connectivity index (χ1) is 16.7. The molecule has 0 aliphatic heterocycles. The highest BCUT2D eigenvalue weighted by Crippen LogP contribution is 2.35. The summed E-state index contributed by atoms with van der Waals surface area (Å²) < 4.78 is 41.1. The second-order valence-electron chi connectivity index (χ2n) is 7.96. The minimum Gasteiger partial charge on any atom is -0.497 e. The van der Waals surface area contributed by atoms with Gasteiger partial charge in [-0.05, 0) is 87.0 Å². The van der Waals surface area contributed by atoms with Crippen molar-refractivity contribution in [3.05, 3.63) is 82.5 Å². The summed E-state index contributed by atoms with van der Waals surface area (Å²) in [5, 5.41) is 1.03. The lowest BCUT2D eigenvalue weighted by Gasteiger charge is -2.13. The van der Waals surface area contributed by atoms with Crippen LogP contribution in [0.15, 0.2) is 65.6 Å². The highest BCUT2D eigenvalue weighted by Gasteiger charge is 2.25. The van der Waals surface area contributed by atoms with Crippen molar-refractivity contribution < 1.29 is 22.7 Å². The molecule has 1 aromatic heterocycles. The van der Waals surface area contributed by atoms with Crippen LogP contribution in [0.3, 0.4) is 0 Å². The lowest BCUT2D eigenvalue weighted by molar-refractivity contribution is 0.0527. The third-order valence-electron chi connectivity index (χ3n) is 5.68. The summed E-state index contributed by atoms with van der Waals surface area (Å²) >= 11 is 5.90. The number of methoxy groups -OCH3 is 1. The number of carbonyl (C=O) groups is 1. The molecular weight excluding hydrogens is 488 g/mol. The highest BCUT2D eigenvalue weighted by molar-refractivity contribution is 7.92. The fourth-order valence-corrected chi connectivity index (χ4v) is 5.31. The first kappa shape index (κ1) is 24.6. The van der Waals surface area contributed by atoms with Gasteiger partial charge in [0.05, 0.1) is 29.7 Å². The van der Waals surface area contributed by atoms with E-state index in [4.69, 9.17) is 21.1 Å². The van der Waals surface area contributed by atoms with Gasteiger partial charge in [0.1, 0.15) is 5.75 Å². The van der Waals surface area contributed by atoms with Crippen molar-refractivity contribution in [3.63, 3.8) is 0 Å². The largest absolute Gasteiger partial charge is 0.497 e. The van der Waals surface area contributed by atoms with Crippen molar-refractivity contribution in [2.24, 2.45) is 0 Å². The minimum absolute atomic E-state index is 0.0808. The van der Waals surface area contributed by atoms with Gasteiger partial charge in [0.25, 0.3) is 10.0 Å². The molecule has 4 aromatic rings. The number of nitrogens with zero attached hydrogens (tertiary/aromatic N) is 1. The average molecular weight is 513 g/mol. The quantitative estimate of drug-likeness (QED) is 0.312. The Labute approximate surface area is 209 Å². The number of hydrogen-bond acceptors (Lipinski definition) is 5. The van der Waals surface area contributed by atoms with E-state index in [1.54, 1.807) is 26.2 Å². The monoisotopic (exact) mass is 512 g/mol.